The molecule has 226 valence electrons. The van der Waals surface area contributed by atoms with Crippen LogP contribution < -0.4 is 0 Å². The van der Waals surface area contributed by atoms with Crippen molar-refractivity contribution >= 4 is 0 Å². The van der Waals surface area contributed by atoms with Crippen LogP contribution in [0.15, 0.2) is 60.7 Å². The van der Waals surface area contributed by atoms with E-state index in [4.69, 9.17) is 25.7 Å². The summed E-state index contributed by atoms with van der Waals surface area (Å²) in [6, 6.07) is 23.2. The van der Waals surface area contributed by atoms with Gasteiger partial charge in [0.2, 0.25) is 0 Å². The van der Waals surface area contributed by atoms with Crippen molar-refractivity contribution in [2.45, 2.75) is 98.7 Å². The maximum Gasteiger partial charge on any atom is 0.0257 e. The lowest BCUT2D eigenvalue weighted by molar-refractivity contribution is -0.0310. The Balaban J connectivity index is 1.11. The maximum absolute atomic E-state index is 5.93. The average molecular weight is 595 g/mol. The molecule has 0 amide bonds. The van der Waals surface area contributed by atoms with Gasteiger partial charge in [-0.05, 0) is 181 Å². The molecule has 0 spiro atoms. The minimum atomic E-state index is 0.167. The molecule has 0 heterocycles. The molecule has 0 aromatic heterocycles. The van der Waals surface area contributed by atoms with E-state index >= 15 is 0 Å². The third-order valence-electron chi connectivity index (χ3n) is 14.0. The fraction of sp³-hybridized carbons (Fsp3) is 0.435. The highest BCUT2D eigenvalue weighted by Crippen LogP contribution is 2.68. The molecular weight excluding hydrogens is 553 g/mol. The zero-order valence-electron chi connectivity index (χ0n) is 26.9. The van der Waals surface area contributed by atoms with Crippen molar-refractivity contribution < 1.29 is 0 Å². The van der Waals surface area contributed by atoms with Gasteiger partial charge in [0, 0.05) is 22.3 Å². The van der Waals surface area contributed by atoms with E-state index in [2.05, 4.69) is 72.2 Å². The summed E-state index contributed by atoms with van der Waals surface area (Å²) in [5.74, 6) is 14.7. The highest BCUT2D eigenvalue weighted by atomic mass is 14.6. The first kappa shape index (κ1) is 28.1. The molecule has 46 heavy (non-hydrogen) atoms. The Morgan fingerprint density at radius 3 is 1.02 bits per heavy atom. The van der Waals surface area contributed by atoms with Crippen LogP contribution in [0.4, 0.5) is 0 Å². The Kier molecular flexibility index (Phi) is 5.94. The van der Waals surface area contributed by atoms with Gasteiger partial charge in [-0.1, -0.05) is 47.9 Å². The van der Waals surface area contributed by atoms with Crippen molar-refractivity contribution in [2.24, 2.45) is 23.7 Å². The number of hydrogen-bond donors (Lipinski definition) is 0. The smallest absolute Gasteiger partial charge is 0.0257 e. The molecule has 4 atom stereocenters. The molecular formula is C46H42. The molecule has 8 bridgehead atoms. The van der Waals surface area contributed by atoms with Crippen LogP contribution in [0.3, 0.4) is 0 Å². The minimum Gasteiger partial charge on any atom is -0.115 e. The van der Waals surface area contributed by atoms with Gasteiger partial charge in [-0.15, -0.1) is 25.7 Å². The van der Waals surface area contributed by atoms with Gasteiger partial charge in [-0.25, -0.2) is 0 Å². The first-order chi connectivity index (χ1) is 22.3. The Morgan fingerprint density at radius 1 is 0.413 bits per heavy atom. The molecule has 0 radical (unpaired) electrons. The molecule has 0 N–H and O–H groups in total. The summed E-state index contributed by atoms with van der Waals surface area (Å²) >= 11 is 0. The van der Waals surface area contributed by atoms with Gasteiger partial charge in [0.05, 0.1) is 0 Å². The van der Waals surface area contributed by atoms with Crippen LogP contribution in [0.1, 0.15) is 122 Å². The highest BCUT2D eigenvalue weighted by molar-refractivity contribution is 5.51. The lowest BCUT2D eigenvalue weighted by atomic mass is 9.40. The van der Waals surface area contributed by atoms with Crippen LogP contribution in [0, 0.1) is 73.0 Å². The van der Waals surface area contributed by atoms with Crippen molar-refractivity contribution in [3.63, 3.8) is 0 Å². The van der Waals surface area contributed by atoms with E-state index in [9.17, 15) is 0 Å². The molecule has 3 aromatic rings. The molecule has 11 rings (SSSR count). The van der Waals surface area contributed by atoms with E-state index in [-0.39, 0.29) is 21.7 Å². The Bertz CT molecular complexity index is 1720. The molecule has 4 unspecified atom stereocenters. The van der Waals surface area contributed by atoms with E-state index in [1.807, 2.05) is 12.1 Å². The lowest BCUT2D eigenvalue weighted by Crippen LogP contribution is -2.56. The molecule has 3 aromatic carbocycles. The van der Waals surface area contributed by atoms with Crippen LogP contribution in [0.2, 0.25) is 0 Å². The predicted octanol–water partition coefficient (Wildman–Crippen LogP) is 9.19. The quantitative estimate of drug-likeness (QED) is 0.264. The van der Waals surface area contributed by atoms with E-state index in [0.29, 0.717) is 0 Å². The summed E-state index contributed by atoms with van der Waals surface area (Å²) in [6.45, 7) is 0. The van der Waals surface area contributed by atoms with E-state index in [1.54, 1.807) is 11.1 Å². The number of rotatable bonds is 4. The van der Waals surface area contributed by atoms with Crippen LogP contribution in [0.5, 0.6) is 0 Å². The first-order valence-corrected chi connectivity index (χ1v) is 17.6. The monoisotopic (exact) mass is 594 g/mol. The minimum absolute atomic E-state index is 0.167. The fourth-order valence-corrected chi connectivity index (χ4v) is 13.3. The second kappa shape index (κ2) is 9.71. The van der Waals surface area contributed by atoms with Crippen molar-refractivity contribution in [1.82, 2.24) is 0 Å². The Hall–Kier alpha value is -4.10. The molecule has 8 aliphatic rings. The van der Waals surface area contributed by atoms with Gasteiger partial charge < -0.3 is 0 Å². The van der Waals surface area contributed by atoms with Crippen LogP contribution in [-0.4, -0.2) is 0 Å². The second-order valence-corrected chi connectivity index (χ2v) is 16.8. The van der Waals surface area contributed by atoms with Crippen molar-refractivity contribution in [3.05, 3.63) is 105 Å². The van der Waals surface area contributed by atoms with Gasteiger partial charge in [0.15, 0.2) is 0 Å². The lowest BCUT2D eigenvalue weighted by Gasteiger charge is -2.64. The van der Waals surface area contributed by atoms with Gasteiger partial charge in [-0.2, -0.15) is 0 Å². The van der Waals surface area contributed by atoms with Crippen molar-refractivity contribution in [3.8, 4) is 49.4 Å². The Morgan fingerprint density at radius 2 is 0.717 bits per heavy atom. The number of benzene rings is 3. The fourth-order valence-electron chi connectivity index (χ4n) is 13.3. The summed E-state index contributed by atoms with van der Waals surface area (Å²) in [4.78, 5) is 0. The summed E-state index contributed by atoms with van der Waals surface area (Å²) < 4.78 is 0. The molecule has 0 aliphatic heterocycles. The predicted molar refractivity (Wildman–Crippen MR) is 187 cm³/mol. The molecule has 8 aliphatic carbocycles. The summed E-state index contributed by atoms with van der Waals surface area (Å²) in [6.07, 6.45) is 39.3. The standard InChI is InChI=1S/C46H42/c1-5-31-12-32(6-2)17-41(16-31)45-25-35-14-36(26-45)22-43(21-35,29-45)39-10-9-11-40(20-39)44-23-37-15-38(24-44)28-46(27-37,30-44)42-18-33(7-3)13-34(8-4)19-42/h1-4,9-13,16-20,35-38H,14-15,21-30H2. The zero-order chi connectivity index (χ0) is 31.3. The SMILES string of the molecule is C#Cc1cc(C#C)cc(C23CC4CC(C2)CC(c2cccc(C56CC7CC(CC(c8cc(C#C)cc(C#C)c8)(C7)C5)C6)c2)(C4)C3)c1. The molecule has 0 nitrogen and oxygen atoms in total. The van der Waals surface area contributed by atoms with Crippen LogP contribution >= 0.6 is 0 Å². The third-order valence-corrected chi connectivity index (χ3v) is 14.0. The second-order valence-electron chi connectivity index (χ2n) is 16.8. The van der Waals surface area contributed by atoms with Gasteiger partial charge in [0.1, 0.15) is 0 Å². The zero-order valence-corrected chi connectivity index (χ0v) is 26.9. The molecule has 0 saturated heterocycles. The first-order valence-electron chi connectivity index (χ1n) is 17.6. The summed E-state index contributed by atoms with van der Waals surface area (Å²) in [7, 11) is 0. The number of terminal acetylenes is 4. The van der Waals surface area contributed by atoms with Gasteiger partial charge >= 0.3 is 0 Å². The van der Waals surface area contributed by atoms with Crippen LogP contribution in [-0.2, 0) is 21.7 Å². The van der Waals surface area contributed by atoms with Gasteiger partial charge in [-0.3, -0.25) is 0 Å². The van der Waals surface area contributed by atoms with E-state index in [1.165, 1.54) is 88.2 Å². The maximum atomic E-state index is 5.93. The van der Waals surface area contributed by atoms with Crippen molar-refractivity contribution in [1.29, 1.82) is 0 Å². The average Bonchev–Trinajstić information content (AvgIpc) is 3.06. The normalized spacial score (nSPS) is 37.7. The molecule has 0 heteroatoms. The Labute approximate surface area is 276 Å². The molecule has 8 fully saturated rings. The van der Waals surface area contributed by atoms with Gasteiger partial charge in [0.25, 0.3) is 0 Å². The number of hydrogen-bond acceptors (Lipinski definition) is 0. The summed E-state index contributed by atoms with van der Waals surface area (Å²) in [5, 5.41) is 0. The summed E-state index contributed by atoms with van der Waals surface area (Å²) in [5.41, 5.74) is 10.5. The highest BCUT2D eigenvalue weighted by Gasteiger charge is 2.61. The van der Waals surface area contributed by atoms with Crippen LogP contribution in [0.25, 0.3) is 0 Å². The molecule has 8 saturated carbocycles. The topological polar surface area (TPSA) is 0 Å². The van der Waals surface area contributed by atoms with Crippen molar-refractivity contribution in [2.75, 3.05) is 0 Å². The largest absolute Gasteiger partial charge is 0.115 e. The third kappa shape index (κ3) is 4.06. The van der Waals surface area contributed by atoms with E-state index < -0.39 is 0 Å². The van der Waals surface area contributed by atoms with E-state index in [0.717, 1.165) is 45.9 Å².